The highest BCUT2D eigenvalue weighted by Gasteiger charge is 2.01. The fraction of sp³-hybridized carbons (Fsp3) is 0.100. The van der Waals surface area contributed by atoms with Crippen LogP contribution in [0.3, 0.4) is 0 Å². The van der Waals surface area contributed by atoms with Gasteiger partial charge in [-0.15, -0.1) is 24.0 Å². The van der Waals surface area contributed by atoms with Crippen molar-refractivity contribution >= 4 is 24.0 Å². The second-order valence-electron chi connectivity index (χ2n) is 2.88. The van der Waals surface area contributed by atoms with Crippen LogP contribution in [0.2, 0.25) is 0 Å². The zero-order valence-corrected chi connectivity index (χ0v) is 8.90. The first-order valence-electron chi connectivity index (χ1n) is 3.97. The van der Waals surface area contributed by atoms with E-state index in [1.807, 2.05) is 5.38 Å². The molecule has 3 heteroatoms. The summed E-state index contributed by atoms with van der Waals surface area (Å²) >= 11 is 5.80. The molecule has 0 aliphatic rings. The lowest BCUT2D eigenvalue weighted by molar-refractivity contribution is 1.22. The molecule has 1 heterocycles. The molecule has 0 amide bonds. The van der Waals surface area contributed by atoms with E-state index < -0.39 is 0 Å². The van der Waals surface area contributed by atoms with Crippen LogP contribution < -0.4 is 0 Å². The third-order valence-corrected chi connectivity index (χ3v) is 3.09. The van der Waals surface area contributed by atoms with Gasteiger partial charge in [0.2, 0.25) is 0 Å². The van der Waals surface area contributed by atoms with Gasteiger partial charge in [0.15, 0.2) is 0 Å². The number of aryl methyl sites for hydroxylation is 1. The molecule has 0 spiro atoms. The molecule has 0 atom stereocenters. The molecule has 0 unspecified atom stereocenters. The third-order valence-electron chi connectivity index (χ3n) is 1.79. The Hall–Kier alpha value is -0.800. The van der Waals surface area contributed by atoms with Crippen molar-refractivity contribution in [2.75, 3.05) is 0 Å². The zero-order valence-electron chi connectivity index (χ0n) is 7.19. The van der Waals surface area contributed by atoms with Crippen molar-refractivity contribution in [2.24, 2.45) is 0 Å². The summed E-state index contributed by atoms with van der Waals surface area (Å²) in [5.41, 5.74) is 2.43. The molecular weight excluding hydrogens is 198 g/mol. The molecule has 0 saturated heterocycles. The van der Waals surface area contributed by atoms with Gasteiger partial charge in [-0.05, 0) is 6.92 Å². The molecule has 0 radical (unpaired) electrons. The highest BCUT2D eigenvalue weighted by Crippen LogP contribution is 2.24. The average molecular weight is 207 g/mol. The molecule has 0 aliphatic carbocycles. The van der Waals surface area contributed by atoms with E-state index >= 15 is 0 Å². The van der Waals surface area contributed by atoms with Gasteiger partial charge in [0, 0.05) is 10.9 Å². The van der Waals surface area contributed by atoms with Gasteiger partial charge >= 0.3 is 0 Å². The second-order valence-corrected chi connectivity index (χ2v) is 4.19. The Labute approximate surface area is 86.9 Å². The molecule has 66 valence electrons. The Balaban J connectivity index is 2.41. The van der Waals surface area contributed by atoms with Gasteiger partial charge in [-0.3, -0.25) is 0 Å². The minimum atomic E-state index is 0.792. The van der Waals surface area contributed by atoms with Crippen LogP contribution >= 0.6 is 24.0 Å². The molecule has 1 aromatic heterocycles. The highest BCUT2D eigenvalue weighted by atomic mass is 32.1. The maximum atomic E-state index is 4.29. The van der Waals surface area contributed by atoms with Crippen LogP contribution in [-0.2, 0) is 0 Å². The summed E-state index contributed by atoms with van der Waals surface area (Å²) in [6.07, 6.45) is 0. The average Bonchev–Trinajstić information content (AvgIpc) is 2.53. The lowest BCUT2D eigenvalue weighted by Gasteiger charge is -1.95. The van der Waals surface area contributed by atoms with E-state index in [0.717, 1.165) is 15.6 Å². The van der Waals surface area contributed by atoms with Gasteiger partial charge in [-0.2, -0.15) is 0 Å². The molecule has 0 N–H and O–H groups in total. The minimum Gasteiger partial charge on any atom is -0.230 e. The molecule has 1 aromatic carbocycles. The molecule has 0 fully saturated rings. The standard InChI is InChI=1S/C10H9NS2/c1-7-2-4-8(5-3-7)10-11-9(12)6-13-10/h2-6,12H,1H3. The molecule has 2 aromatic rings. The molecule has 0 bridgehead atoms. The lowest BCUT2D eigenvalue weighted by Crippen LogP contribution is -1.76. The summed E-state index contributed by atoms with van der Waals surface area (Å²) in [4.78, 5) is 4.29. The maximum Gasteiger partial charge on any atom is 0.124 e. The minimum absolute atomic E-state index is 0.792. The molecule has 2 rings (SSSR count). The van der Waals surface area contributed by atoms with Crippen LogP contribution in [0.4, 0.5) is 0 Å². The van der Waals surface area contributed by atoms with E-state index in [1.54, 1.807) is 11.3 Å². The van der Waals surface area contributed by atoms with Crippen LogP contribution in [0.15, 0.2) is 34.7 Å². The number of benzene rings is 1. The molecule has 13 heavy (non-hydrogen) atoms. The molecule has 0 aliphatic heterocycles. The Kier molecular flexibility index (Phi) is 2.38. The second kappa shape index (κ2) is 3.52. The number of aromatic nitrogens is 1. The van der Waals surface area contributed by atoms with Crippen LogP contribution in [0.1, 0.15) is 5.56 Å². The van der Waals surface area contributed by atoms with Gasteiger partial charge in [0.25, 0.3) is 0 Å². The van der Waals surface area contributed by atoms with Gasteiger partial charge in [-0.1, -0.05) is 29.8 Å². The lowest BCUT2D eigenvalue weighted by atomic mass is 10.2. The highest BCUT2D eigenvalue weighted by molar-refractivity contribution is 7.80. The number of hydrogen-bond acceptors (Lipinski definition) is 3. The summed E-state index contributed by atoms with van der Waals surface area (Å²) in [6, 6.07) is 8.35. The molecular formula is C10H9NS2. The number of hydrogen-bond donors (Lipinski definition) is 1. The third kappa shape index (κ3) is 1.92. The molecule has 1 nitrogen and oxygen atoms in total. The van der Waals surface area contributed by atoms with Gasteiger partial charge in [0.1, 0.15) is 10.0 Å². The Morgan fingerprint density at radius 2 is 1.92 bits per heavy atom. The van der Waals surface area contributed by atoms with E-state index in [9.17, 15) is 0 Å². The quantitative estimate of drug-likeness (QED) is 0.707. The summed E-state index contributed by atoms with van der Waals surface area (Å²) in [7, 11) is 0. The SMILES string of the molecule is Cc1ccc(-c2nc(S)cs2)cc1. The van der Waals surface area contributed by atoms with E-state index in [1.165, 1.54) is 5.56 Å². The number of nitrogens with zero attached hydrogens (tertiary/aromatic N) is 1. The van der Waals surface area contributed by atoms with E-state index in [4.69, 9.17) is 0 Å². The van der Waals surface area contributed by atoms with Crippen molar-refractivity contribution in [3.05, 3.63) is 35.2 Å². The number of thiol groups is 1. The Morgan fingerprint density at radius 3 is 2.46 bits per heavy atom. The Bertz CT molecular complexity index is 403. The smallest absolute Gasteiger partial charge is 0.124 e. The summed E-state index contributed by atoms with van der Waals surface area (Å²) in [5, 5.41) is 3.77. The first-order chi connectivity index (χ1) is 6.25. The predicted octanol–water partition coefficient (Wildman–Crippen LogP) is 3.41. The summed E-state index contributed by atoms with van der Waals surface area (Å²) < 4.78 is 0. The normalized spacial score (nSPS) is 10.3. The van der Waals surface area contributed by atoms with Crippen molar-refractivity contribution in [3.8, 4) is 10.6 Å². The van der Waals surface area contributed by atoms with Crippen LogP contribution in [0.25, 0.3) is 10.6 Å². The first-order valence-corrected chi connectivity index (χ1v) is 5.30. The number of rotatable bonds is 1. The maximum absolute atomic E-state index is 4.29. The van der Waals surface area contributed by atoms with Crippen molar-refractivity contribution in [2.45, 2.75) is 11.9 Å². The van der Waals surface area contributed by atoms with Gasteiger partial charge in [-0.25, -0.2) is 4.98 Å². The summed E-state index contributed by atoms with van der Waals surface area (Å²) in [5.74, 6) is 0. The summed E-state index contributed by atoms with van der Waals surface area (Å²) in [6.45, 7) is 2.08. The zero-order chi connectivity index (χ0) is 9.26. The molecule has 0 saturated carbocycles. The monoisotopic (exact) mass is 207 g/mol. The van der Waals surface area contributed by atoms with E-state index in [0.29, 0.717) is 0 Å². The van der Waals surface area contributed by atoms with Crippen molar-refractivity contribution < 1.29 is 0 Å². The van der Waals surface area contributed by atoms with Gasteiger partial charge in [0.05, 0.1) is 0 Å². The van der Waals surface area contributed by atoms with Gasteiger partial charge < -0.3 is 0 Å². The van der Waals surface area contributed by atoms with Crippen molar-refractivity contribution in [3.63, 3.8) is 0 Å². The topological polar surface area (TPSA) is 12.9 Å². The fourth-order valence-electron chi connectivity index (χ4n) is 1.09. The first kappa shape index (κ1) is 8.78. The predicted molar refractivity (Wildman–Crippen MR) is 59.5 cm³/mol. The van der Waals surface area contributed by atoms with E-state index in [2.05, 4.69) is 48.8 Å². The number of thiazole rings is 1. The largest absolute Gasteiger partial charge is 0.230 e. The van der Waals surface area contributed by atoms with Crippen molar-refractivity contribution in [1.82, 2.24) is 4.98 Å². The Morgan fingerprint density at radius 1 is 1.23 bits per heavy atom. The van der Waals surface area contributed by atoms with Crippen LogP contribution in [-0.4, -0.2) is 4.98 Å². The van der Waals surface area contributed by atoms with Crippen molar-refractivity contribution in [1.29, 1.82) is 0 Å². The fourth-order valence-corrected chi connectivity index (χ4v) is 2.11. The van der Waals surface area contributed by atoms with E-state index in [-0.39, 0.29) is 0 Å². The van der Waals surface area contributed by atoms with Crippen LogP contribution in [0, 0.1) is 6.92 Å². The van der Waals surface area contributed by atoms with Crippen LogP contribution in [0.5, 0.6) is 0 Å².